The van der Waals surface area contributed by atoms with Crippen molar-refractivity contribution in [3.63, 3.8) is 0 Å². The highest BCUT2D eigenvalue weighted by molar-refractivity contribution is 5.94. The molecule has 2 aliphatic rings. The highest BCUT2D eigenvalue weighted by Gasteiger charge is 2.27. The first-order valence-corrected chi connectivity index (χ1v) is 10.1. The number of halogens is 2. The van der Waals surface area contributed by atoms with Crippen molar-refractivity contribution in [2.24, 2.45) is 11.8 Å². The van der Waals surface area contributed by atoms with Gasteiger partial charge in [-0.15, -0.1) is 12.4 Å². The van der Waals surface area contributed by atoms with Crippen LogP contribution in [0.4, 0.5) is 4.39 Å². The molecule has 0 aromatic heterocycles. The number of nitrogens with zero attached hydrogens (tertiary/aromatic N) is 1. The summed E-state index contributed by atoms with van der Waals surface area (Å²) < 4.78 is 13.8. The molecule has 0 radical (unpaired) electrons. The van der Waals surface area contributed by atoms with E-state index < -0.39 is 5.82 Å². The summed E-state index contributed by atoms with van der Waals surface area (Å²) >= 11 is 0. The van der Waals surface area contributed by atoms with E-state index in [0.717, 1.165) is 13.1 Å². The molecule has 0 spiro atoms. The number of nitrogens with one attached hydrogen (secondary N) is 2. The van der Waals surface area contributed by atoms with Crippen LogP contribution in [0.3, 0.4) is 0 Å². The van der Waals surface area contributed by atoms with E-state index in [9.17, 15) is 14.0 Å². The molecule has 2 fully saturated rings. The van der Waals surface area contributed by atoms with Crippen LogP contribution in [-0.4, -0.2) is 48.9 Å². The fourth-order valence-electron chi connectivity index (χ4n) is 4.14. The van der Waals surface area contributed by atoms with Gasteiger partial charge in [0, 0.05) is 25.6 Å². The van der Waals surface area contributed by atoms with E-state index in [4.69, 9.17) is 0 Å². The average molecular weight is 412 g/mol. The number of likely N-dealkylation sites (tertiary alicyclic amines) is 1. The summed E-state index contributed by atoms with van der Waals surface area (Å²) in [5.41, 5.74) is 0.120. The molecule has 0 saturated carbocycles. The van der Waals surface area contributed by atoms with Crippen molar-refractivity contribution in [2.45, 2.75) is 45.1 Å². The molecule has 3 rings (SSSR count). The predicted molar refractivity (Wildman–Crippen MR) is 110 cm³/mol. The molecule has 0 aliphatic carbocycles. The van der Waals surface area contributed by atoms with Crippen LogP contribution in [0, 0.1) is 17.7 Å². The number of hydrogen-bond acceptors (Lipinski definition) is 3. The van der Waals surface area contributed by atoms with Gasteiger partial charge in [-0.1, -0.05) is 19.1 Å². The summed E-state index contributed by atoms with van der Waals surface area (Å²) in [5, 5.41) is 6.54. The maximum Gasteiger partial charge on any atom is 0.256 e. The number of amides is 2. The van der Waals surface area contributed by atoms with Crippen LogP contribution in [0.5, 0.6) is 0 Å². The number of benzene rings is 1. The molecule has 2 heterocycles. The van der Waals surface area contributed by atoms with Gasteiger partial charge in [-0.05, 0) is 62.7 Å². The molecule has 0 bridgehead atoms. The molecule has 1 aromatic carbocycles. The Balaban J connectivity index is 0.00000280. The minimum atomic E-state index is -0.482. The molecule has 2 atom stereocenters. The smallest absolute Gasteiger partial charge is 0.256 e. The third-order valence-electron chi connectivity index (χ3n) is 5.90. The largest absolute Gasteiger partial charge is 0.353 e. The number of rotatable bonds is 5. The Morgan fingerprint density at radius 3 is 2.61 bits per heavy atom. The predicted octanol–water partition coefficient (Wildman–Crippen LogP) is 2.99. The Bertz CT molecular complexity index is 659. The second-order valence-corrected chi connectivity index (χ2v) is 7.90. The van der Waals surface area contributed by atoms with E-state index >= 15 is 0 Å². The van der Waals surface area contributed by atoms with Crippen molar-refractivity contribution in [3.8, 4) is 0 Å². The van der Waals surface area contributed by atoms with E-state index in [2.05, 4.69) is 17.6 Å². The molecule has 2 unspecified atom stereocenters. The molecule has 28 heavy (non-hydrogen) atoms. The molecule has 7 heteroatoms. The first-order valence-electron chi connectivity index (χ1n) is 10.1. The first kappa shape index (κ1) is 22.6. The lowest BCUT2D eigenvalue weighted by atomic mass is 9.85. The number of carbonyl (C=O) groups excluding carboxylic acids is 2. The van der Waals surface area contributed by atoms with Gasteiger partial charge in [-0.25, -0.2) is 4.39 Å². The van der Waals surface area contributed by atoms with Crippen LogP contribution >= 0.6 is 12.4 Å². The minimum Gasteiger partial charge on any atom is -0.353 e. The Kier molecular flexibility index (Phi) is 8.70. The standard InChI is InChI=1S/C21H30FN3O2.ClH/c1-15(16-5-4-10-23-14-16)13-20(26)24-17-8-11-25(12-9-17)21(27)18-6-2-3-7-19(18)22;/h2-3,6-7,15-17,23H,4-5,8-14H2,1H3,(H,24,26);1H. The summed E-state index contributed by atoms with van der Waals surface area (Å²) in [5.74, 6) is 0.303. The van der Waals surface area contributed by atoms with Gasteiger partial charge in [-0.2, -0.15) is 0 Å². The molecular formula is C21H31ClFN3O2. The average Bonchev–Trinajstić information content (AvgIpc) is 2.69. The number of hydrogen-bond donors (Lipinski definition) is 2. The fraction of sp³-hybridized carbons (Fsp3) is 0.619. The maximum absolute atomic E-state index is 13.8. The summed E-state index contributed by atoms with van der Waals surface area (Å²) in [6, 6.07) is 6.18. The summed E-state index contributed by atoms with van der Waals surface area (Å²) in [6.45, 7) is 5.33. The van der Waals surface area contributed by atoms with Crippen molar-refractivity contribution in [1.29, 1.82) is 0 Å². The van der Waals surface area contributed by atoms with E-state index in [0.29, 0.717) is 44.2 Å². The third-order valence-corrected chi connectivity index (χ3v) is 5.90. The van der Waals surface area contributed by atoms with Gasteiger partial charge in [0.2, 0.25) is 5.91 Å². The number of piperidine rings is 2. The van der Waals surface area contributed by atoms with Gasteiger partial charge in [0.05, 0.1) is 5.56 Å². The van der Waals surface area contributed by atoms with Crippen molar-refractivity contribution < 1.29 is 14.0 Å². The highest BCUT2D eigenvalue weighted by atomic mass is 35.5. The van der Waals surface area contributed by atoms with E-state index in [1.54, 1.807) is 17.0 Å². The summed E-state index contributed by atoms with van der Waals surface area (Å²) in [7, 11) is 0. The lowest BCUT2D eigenvalue weighted by Crippen LogP contribution is -2.47. The van der Waals surface area contributed by atoms with E-state index in [-0.39, 0.29) is 35.8 Å². The molecule has 5 nitrogen and oxygen atoms in total. The van der Waals surface area contributed by atoms with Crippen molar-refractivity contribution in [3.05, 3.63) is 35.6 Å². The van der Waals surface area contributed by atoms with Gasteiger partial charge in [0.1, 0.15) is 5.82 Å². The Labute approximate surface area is 172 Å². The normalized spacial score (nSPS) is 21.5. The second kappa shape index (κ2) is 10.8. The maximum atomic E-state index is 13.8. The number of carbonyl (C=O) groups is 2. The fourth-order valence-corrected chi connectivity index (χ4v) is 4.14. The van der Waals surface area contributed by atoms with Crippen LogP contribution < -0.4 is 10.6 Å². The molecule has 2 amide bonds. The minimum absolute atomic E-state index is 0. The zero-order chi connectivity index (χ0) is 19.2. The highest BCUT2D eigenvalue weighted by Crippen LogP contribution is 2.23. The van der Waals surface area contributed by atoms with Gasteiger partial charge in [-0.3, -0.25) is 9.59 Å². The third kappa shape index (κ3) is 5.92. The second-order valence-electron chi connectivity index (χ2n) is 7.90. The lowest BCUT2D eigenvalue weighted by molar-refractivity contribution is -0.123. The zero-order valence-electron chi connectivity index (χ0n) is 16.5. The SMILES string of the molecule is CC(CC(=O)NC1CCN(C(=O)c2ccccc2F)CC1)C1CCCNC1.Cl. The van der Waals surface area contributed by atoms with Crippen LogP contribution in [0.2, 0.25) is 0 Å². The molecule has 1 aromatic rings. The quantitative estimate of drug-likeness (QED) is 0.783. The molecule has 2 aliphatic heterocycles. The molecule has 2 saturated heterocycles. The van der Waals surface area contributed by atoms with Gasteiger partial charge in [0.25, 0.3) is 5.91 Å². The van der Waals surface area contributed by atoms with Gasteiger partial charge < -0.3 is 15.5 Å². The zero-order valence-corrected chi connectivity index (χ0v) is 17.3. The van der Waals surface area contributed by atoms with Gasteiger partial charge in [0.15, 0.2) is 0 Å². The van der Waals surface area contributed by atoms with Crippen molar-refractivity contribution in [1.82, 2.24) is 15.5 Å². The molecule has 156 valence electrons. The topological polar surface area (TPSA) is 61.4 Å². The van der Waals surface area contributed by atoms with Crippen LogP contribution in [0.25, 0.3) is 0 Å². The Morgan fingerprint density at radius 1 is 1.25 bits per heavy atom. The Morgan fingerprint density at radius 2 is 1.96 bits per heavy atom. The van der Waals surface area contributed by atoms with Crippen molar-refractivity contribution in [2.75, 3.05) is 26.2 Å². The first-order chi connectivity index (χ1) is 13.0. The summed E-state index contributed by atoms with van der Waals surface area (Å²) in [4.78, 5) is 26.5. The van der Waals surface area contributed by atoms with E-state index in [1.165, 1.54) is 25.0 Å². The molecular weight excluding hydrogens is 381 g/mol. The van der Waals surface area contributed by atoms with Crippen LogP contribution in [0.15, 0.2) is 24.3 Å². The Hall–Kier alpha value is -1.66. The lowest BCUT2D eigenvalue weighted by Gasteiger charge is -2.33. The van der Waals surface area contributed by atoms with Gasteiger partial charge >= 0.3 is 0 Å². The van der Waals surface area contributed by atoms with E-state index in [1.807, 2.05) is 0 Å². The molecule has 2 N–H and O–H groups in total. The summed E-state index contributed by atoms with van der Waals surface area (Å²) in [6.07, 6.45) is 4.36. The van der Waals surface area contributed by atoms with Crippen LogP contribution in [-0.2, 0) is 4.79 Å². The van der Waals surface area contributed by atoms with Crippen molar-refractivity contribution >= 4 is 24.2 Å². The van der Waals surface area contributed by atoms with Crippen LogP contribution in [0.1, 0.15) is 49.4 Å². The monoisotopic (exact) mass is 411 g/mol.